The minimum Gasteiger partial charge on any atom is -0.439 e. The Hall–Kier alpha value is -1.68. The largest absolute Gasteiger partial charge is 0.439 e. The van der Waals surface area contributed by atoms with Crippen molar-refractivity contribution < 1.29 is 8.81 Å². The van der Waals surface area contributed by atoms with E-state index in [9.17, 15) is 4.39 Å². The summed E-state index contributed by atoms with van der Waals surface area (Å²) in [7, 11) is 0. The highest BCUT2D eigenvalue weighted by molar-refractivity contribution is 5.57. The molecule has 1 N–H and O–H groups in total. The lowest BCUT2D eigenvalue weighted by Gasteiger charge is -2.04. The predicted molar refractivity (Wildman–Crippen MR) is 68.6 cm³/mol. The van der Waals surface area contributed by atoms with Gasteiger partial charge in [0.2, 0.25) is 5.89 Å². The number of aryl methyl sites for hydroxylation is 1. The maximum atomic E-state index is 13.2. The molecule has 0 bridgehead atoms. The van der Waals surface area contributed by atoms with Gasteiger partial charge in [-0.3, -0.25) is 0 Å². The van der Waals surface area contributed by atoms with Crippen molar-refractivity contribution in [3.63, 3.8) is 0 Å². The average Bonchev–Trinajstić information content (AvgIpc) is 2.79. The van der Waals surface area contributed by atoms with E-state index < -0.39 is 0 Å². The first-order valence-corrected chi connectivity index (χ1v) is 6.01. The van der Waals surface area contributed by atoms with Gasteiger partial charge in [0.1, 0.15) is 5.82 Å². The second-order valence-corrected chi connectivity index (χ2v) is 4.62. The number of benzene rings is 1. The van der Waals surface area contributed by atoms with Crippen LogP contribution in [0.3, 0.4) is 0 Å². The van der Waals surface area contributed by atoms with E-state index in [-0.39, 0.29) is 5.82 Å². The van der Waals surface area contributed by atoms with Crippen LogP contribution in [0.5, 0.6) is 0 Å². The third kappa shape index (κ3) is 2.96. The van der Waals surface area contributed by atoms with Gasteiger partial charge in [-0.25, -0.2) is 9.37 Å². The van der Waals surface area contributed by atoms with Crippen LogP contribution in [0, 0.1) is 12.7 Å². The SMILES string of the molecule is Cc1cc(-c2cnc(CNC(C)C)o2)ccc1F. The number of aromatic nitrogens is 1. The molecule has 0 amide bonds. The summed E-state index contributed by atoms with van der Waals surface area (Å²) in [5.41, 5.74) is 1.45. The first kappa shape index (κ1) is 12.8. The zero-order valence-electron chi connectivity index (χ0n) is 10.8. The van der Waals surface area contributed by atoms with Gasteiger partial charge in [0.25, 0.3) is 0 Å². The van der Waals surface area contributed by atoms with Gasteiger partial charge in [0.05, 0.1) is 12.7 Å². The molecule has 0 atom stereocenters. The Bertz CT molecular complexity index is 534. The molecule has 0 aliphatic rings. The molecule has 3 nitrogen and oxygen atoms in total. The van der Waals surface area contributed by atoms with Gasteiger partial charge in [0.15, 0.2) is 5.76 Å². The quantitative estimate of drug-likeness (QED) is 0.902. The van der Waals surface area contributed by atoms with Gasteiger partial charge in [0, 0.05) is 11.6 Å². The first-order chi connectivity index (χ1) is 8.56. The number of hydrogen-bond acceptors (Lipinski definition) is 3. The molecule has 0 unspecified atom stereocenters. The molecule has 18 heavy (non-hydrogen) atoms. The molecule has 1 aromatic carbocycles. The van der Waals surface area contributed by atoms with Gasteiger partial charge in [-0.15, -0.1) is 0 Å². The first-order valence-electron chi connectivity index (χ1n) is 6.01. The summed E-state index contributed by atoms with van der Waals surface area (Å²) >= 11 is 0. The summed E-state index contributed by atoms with van der Waals surface area (Å²) in [6.45, 7) is 6.45. The fraction of sp³-hybridized carbons (Fsp3) is 0.357. The monoisotopic (exact) mass is 248 g/mol. The number of halogens is 1. The number of hydrogen-bond donors (Lipinski definition) is 1. The normalized spacial score (nSPS) is 11.2. The number of nitrogens with zero attached hydrogens (tertiary/aromatic N) is 1. The van der Waals surface area contributed by atoms with E-state index in [1.165, 1.54) is 6.07 Å². The van der Waals surface area contributed by atoms with E-state index in [0.717, 1.165) is 5.56 Å². The standard InChI is InChI=1S/C14H17FN2O/c1-9(2)16-8-14-17-7-13(18-14)11-4-5-12(15)10(3)6-11/h4-7,9,16H,8H2,1-3H3. The van der Waals surface area contributed by atoms with Gasteiger partial charge >= 0.3 is 0 Å². The fourth-order valence-electron chi connectivity index (χ4n) is 1.61. The lowest BCUT2D eigenvalue weighted by molar-refractivity contribution is 0.459. The molecule has 0 saturated carbocycles. The van der Waals surface area contributed by atoms with E-state index in [4.69, 9.17) is 4.42 Å². The molecule has 0 aliphatic heterocycles. The van der Waals surface area contributed by atoms with E-state index in [2.05, 4.69) is 24.1 Å². The number of rotatable bonds is 4. The van der Waals surface area contributed by atoms with Crippen molar-refractivity contribution in [2.45, 2.75) is 33.4 Å². The molecule has 0 fully saturated rings. The van der Waals surface area contributed by atoms with Crippen LogP contribution >= 0.6 is 0 Å². The van der Waals surface area contributed by atoms with Crippen LogP contribution in [0.4, 0.5) is 4.39 Å². The second-order valence-electron chi connectivity index (χ2n) is 4.62. The predicted octanol–water partition coefficient (Wildman–Crippen LogP) is 3.29. The van der Waals surface area contributed by atoms with Crippen LogP contribution in [-0.2, 0) is 6.54 Å². The molecule has 2 rings (SSSR count). The molecule has 0 radical (unpaired) electrons. The molecule has 0 saturated heterocycles. The van der Waals surface area contributed by atoms with Crippen LogP contribution in [0.15, 0.2) is 28.8 Å². The lowest BCUT2D eigenvalue weighted by Crippen LogP contribution is -2.21. The van der Waals surface area contributed by atoms with Crippen LogP contribution in [0.1, 0.15) is 25.3 Å². The topological polar surface area (TPSA) is 38.1 Å². The van der Waals surface area contributed by atoms with Crippen molar-refractivity contribution in [3.8, 4) is 11.3 Å². The molecule has 1 heterocycles. The Kier molecular flexibility index (Phi) is 3.77. The molecule has 96 valence electrons. The third-order valence-electron chi connectivity index (χ3n) is 2.66. The molecular formula is C14H17FN2O. The van der Waals surface area contributed by atoms with Crippen LogP contribution in [0.25, 0.3) is 11.3 Å². The van der Waals surface area contributed by atoms with E-state index in [1.807, 2.05) is 0 Å². The van der Waals surface area contributed by atoms with Gasteiger partial charge in [-0.2, -0.15) is 0 Å². The molecular weight excluding hydrogens is 231 g/mol. The summed E-state index contributed by atoms with van der Waals surface area (Å²) < 4.78 is 18.8. The zero-order valence-corrected chi connectivity index (χ0v) is 10.8. The zero-order chi connectivity index (χ0) is 13.1. The Morgan fingerprint density at radius 1 is 1.39 bits per heavy atom. The third-order valence-corrected chi connectivity index (χ3v) is 2.66. The minimum atomic E-state index is -0.208. The smallest absolute Gasteiger partial charge is 0.208 e. The Morgan fingerprint density at radius 3 is 2.83 bits per heavy atom. The van der Waals surface area contributed by atoms with E-state index >= 15 is 0 Å². The Balaban J connectivity index is 2.16. The Morgan fingerprint density at radius 2 is 2.17 bits per heavy atom. The maximum Gasteiger partial charge on any atom is 0.208 e. The summed E-state index contributed by atoms with van der Waals surface area (Å²) in [6.07, 6.45) is 1.67. The van der Waals surface area contributed by atoms with E-state index in [1.54, 1.807) is 25.3 Å². The van der Waals surface area contributed by atoms with Gasteiger partial charge < -0.3 is 9.73 Å². The van der Waals surface area contributed by atoms with Crippen LogP contribution in [0.2, 0.25) is 0 Å². The highest BCUT2D eigenvalue weighted by Gasteiger charge is 2.08. The van der Waals surface area contributed by atoms with E-state index in [0.29, 0.717) is 29.8 Å². The van der Waals surface area contributed by atoms with Gasteiger partial charge in [-0.1, -0.05) is 13.8 Å². The molecule has 4 heteroatoms. The molecule has 0 spiro atoms. The van der Waals surface area contributed by atoms with Crippen molar-refractivity contribution in [2.24, 2.45) is 0 Å². The number of oxazole rings is 1. The van der Waals surface area contributed by atoms with Crippen LogP contribution in [-0.4, -0.2) is 11.0 Å². The molecule has 2 aromatic rings. The molecule has 1 aromatic heterocycles. The average molecular weight is 248 g/mol. The van der Waals surface area contributed by atoms with Crippen LogP contribution < -0.4 is 5.32 Å². The summed E-state index contributed by atoms with van der Waals surface area (Å²) in [4.78, 5) is 4.19. The van der Waals surface area contributed by atoms with Crippen molar-refractivity contribution in [2.75, 3.05) is 0 Å². The summed E-state index contributed by atoms with van der Waals surface area (Å²) in [5.74, 6) is 1.10. The van der Waals surface area contributed by atoms with Crippen molar-refractivity contribution in [3.05, 3.63) is 41.7 Å². The number of nitrogens with one attached hydrogen (secondary N) is 1. The lowest BCUT2D eigenvalue weighted by atomic mass is 10.1. The Labute approximate surface area is 106 Å². The van der Waals surface area contributed by atoms with Crippen molar-refractivity contribution >= 4 is 0 Å². The highest BCUT2D eigenvalue weighted by atomic mass is 19.1. The van der Waals surface area contributed by atoms with Gasteiger partial charge in [-0.05, 0) is 30.7 Å². The highest BCUT2D eigenvalue weighted by Crippen LogP contribution is 2.22. The molecule has 0 aliphatic carbocycles. The minimum absolute atomic E-state index is 0.208. The maximum absolute atomic E-state index is 13.2. The van der Waals surface area contributed by atoms with Crippen molar-refractivity contribution in [1.82, 2.24) is 10.3 Å². The summed E-state index contributed by atoms with van der Waals surface area (Å²) in [6, 6.07) is 5.28. The summed E-state index contributed by atoms with van der Waals surface area (Å²) in [5, 5.41) is 3.23. The van der Waals surface area contributed by atoms with Crippen molar-refractivity contribution in [1.29, 1.82) is 0 Å². The fourth-order valence-corrected chi connectivity index (χ4v) is 1.61. The second kappa shape index (κ2) is 5.31.